The van der Waals surface area contributed by atoms with Crippen LogP contribution < -0.4 is 5.73 Å². The van der Waals surface area contributed by atoms with Crippen LogP contribution in [0, 0.1) is 10.8 Å². The monoisotopic (exact) mass is 335 g/mol. The number of carbonyl (C=O) groups excluding carboxylic acids is 1. The maximum absolute atomic E-state index is 11.7. The van der Waals surface area contributed by atoms with Gasteiger partial charge in [-0.3, -0.25) is 4.79 Å². The first-order valence-corrected chi connectivity index (χ1v) is 11.0. The molecule has 24 heavy (non-hydrogen) atoms. The molecule has 1 amide bonds. The zero-order valence-electron chi connectivity index (χ0n) is 16.2. The molecule has 2 fully saturated rings. The quantitative estimate of drug-likeness (QED) is 0.321. The zero-order valence-corrected chi connectivity index (χ0v) is 16.2. The molecule has 140 valence electrons. The lowest BCUT2D eigenvalue weighted by Crippen LogP contribution is -2.33. The highest BCUT2D eigenvalue weighted by Gasteiger charge is 2.67. The third-order valence-electron chi connectivity index (χ3n) is 6.85. The van der Waals surface area contributed by atoms with Crippen molar-refractivity contribution in [3.8, 4) is 0 Å². The van der Waals surface area contributed by atoms with Gasteiger partial charge >= 0.3 is 0 Å². The number of carbonyl (C=O) groups is 1. The highest BCUT2D eigenvalue weighted by atomic mass is 16.1. The first-order chi connectivity index (χ1) is 11.7. The van der Waals surface area contributed by atoms with Gasteiger partial charge in [0.2, 0.25) is 5.91 Å². The summed E-state index contributed by atoms with van der Waals surface area (Å²) in [6.45, 7) is 2.28. The van der Waals surface area contributed by atoms with Crippen LogP contribution in [0.2, 0.25) is 0 Å². The predicted molar refractivity (Wildman–Crippen MR) is 103 cm³/mol. The van der Waals surface area contributed by atoms with Crippen molar-refractivity contribution in [3.05, 3.63) is 0 Å². The molecule has 2 heteroatoms. The van der Waals surface area contributed by atoms with E-state index in [2.05, 4.69) is 6.92 Å². The molecule has 2 nitrogen and oxygen atoms in total. The van der Waals surface area contributed by atoms with E-state index in [9.17, 15) is 4.79 Å². The number of unbranched alkanes of at least 4 members (excludes halogenated alkanes) is 12. The maximum Gasteiger partial charge on any atom is 0.224 e. The van der Waals surface area contributed by atoms with E-state index < -0.39 is 0 Å². The highest BCUT2D eigenvalue weighted by molar-refractivity contribution is 5.85. The molecule has 0 saturated heterocycles. The summed E-state index contributed by atoms with van der Waals surface area (Å²) in [5.74, 6) is -0.00491. The normalized spacial score (nSPS) is 20.0. The van der Waals surface area contributed by atoms with Gasteiger partial charge in [-0.25, -0.2) is 0 Å². The van der Waals surface area contributed by atoms with Crippen LogP contribution in [-0.4, -0.2) is 5.91 Å². The van der Waals surface area contributed by atoms with Gasteiger partial charge in [0.15, 0.2) is 0 Å². The van der Waals surface area contributed by atoms with E-state index in [1.54, 1.807) is 0 Å². The molecule has 0 aromatic rings. The number of hydrogen-bond donors (Lipinski definition) is 1. The first-order valence-electron chi connectivity index (χ1n) is 11.0. The molecule has 2 saturated carbocycles. The summed E-state index contributed by atoms with van der Waals surface area (Å²) >= 11 is 0. The zero-order chi connectivity index (χ0) is 17.3. The fraction of sp³-hybridized carbons (Fsp3) is 0.955. The molecule has 0 aromatic carbocycles. The molecule has 0 aliphatic heterocycles. The van der Waals surface area contributed by atoms with Crippen molar-refractivity contribution in [1.82, 2.24) is 0 Å². The fourth-order valence-electron chi connectivity index (χ4n) is 4.76. The molecule has 0 heterocycles. The van der Waals surface area contributed by atoms with Gasteiger partial charge in [-0.05, 0) is 37.5 Å². The minimum atomic E-state index is -0.0653. The average molecular weight is 336 g/mol. The Labute approximate surface area is 150 Å². The van der Waals surface area contributed by atoms with Crippen molar-refractivity contribution in [2.24, 2.45) is 16.6 Å². The van der Waals surface area contributed by atoms with Gasteiger partial charge in [-0.15, -0.1) is 0 Å². The van der Waals surface area contributed by atoms with Gasteiger partial charge in [-0.2, -0.15) is 0 Å². The Morgan fingerprint density at radius 3 is 1.46 bits per heavy atom. The summed E-state index contributed by atoms with van der Waals surface area (Å²) in [7, 11) is 0. The van der Waals surface area contributed by atoms with Crippen LogP contribution in [-0.2, 0) is 4.79 Å². The van der Waals surface area contributed by atoms with E-state index >= 15 is 0 Å². The van der Waals surface area contributed by atoms with Crippen LogP contribution in [0.3, 0.4) is 0 Å². The predicted octanol–water partition coefficient (Wildman–Crippen LogP) is 6.51. The fourth-order valence-corrected chi connectivity index (χ4v) is 4.76. The number of primary amides is 1. The largest absolute Gasteiger partial charge is 0.369 e. The Bertz CT molecular complexity index is 368. The Hall–Kier alpha value is -0.530. The molecule has 2 aliphatic rings. The second kappa shape index (κ2) is 9.82. The van der Waals surface area contributed by atoms with E-state index in [4.69, 9.17) is 5.73 Å². The van der Waals surface area contributed by atoms with E-state index in [1.807, 2.05) is 0 Å². The number of nitrogens with two attached hydrogens (primary N) is 1. The summed E-state index contributed by atoms with van der Waals surface area (Å²) in [4.78, 5) is 11.7. The Morgan fingerprint density at radius 2 is 1.12 bits per heavy atom. The Balaban J connectivity index is 1.37. The van der Waals surface area contributed by atoms with Gasteiger partial charge in [-0.1, -0.05) is 90.4 Å². The summed E-state index contributed by atoms with van der Waals surface area (Å²) in [5.41, 5.74) is 5.94. The summed E-state index contributed by atoms with van der Waals surface area (Å²) in [6, 6.07) is 0. The molecular weight excluding hydrogens is 294 g/mol. The Morgan fingerprint density at radius 1 is 0.708 bits per heavy atom. The molecule has 2 aliphatic carbocycles. The van der Waals surface area contributed by atoms with Crippen LogP contribution in [0.15, 0.2) is 0 Å². The van der Waals surface area contributed by atoms with Crippen LogP contribution in [0.25, 0.3) is 0 Å². The highest BCUT2D eigenvalue weighted by Crippen LogP contribution is 2.72. The van der Waals surface area contributed by atoms with Crippen molar-refractivity contribution in [2.45, 2.75) is 122 Å². The molecule has 0 atom stereocenters. The van der Waals surface area contributed by atoms with Gasteiger partial charge < -0.3 is 5.73 Å². The van der Waals surface area contributed by atoms with E-state index in [1.165, 1.54) is 103 Å². The smallest absolute Gasteiger partial charge is 0.224 e. The lowest BCUT2D eigenvalue weighted by Gasteiger charge is -2.23. The van der Waals surface area contributed by atoms with Crippen LogP contribution in [0.4, 0.5) is 0 Å². The number of rotatable bonds is 16. The number of hydrogen-bond acceptors (Lipinski definition) is 1. The Kier molecular flexibility index (Phi) is 8.10. The third kappa shape index (κ3) is 5.49. The maximum atomic E-state index is 11.7. The molecule has 0 aromatic heterocycles. The molecule has 0 spiro atoms. The van der Waals surface area contributed by atoms with Crippen molar-refractivity contribution in [2.75, 3.05) is 0 Å². The van der Waals surface area contributed by atoms with Crippen molar-refractivity contribution in [1.29, 1.82) is 0 Å². The van der Waals surface area contributed by atoms with Gasteiger partial charge in [0.1, 0.15) is 0 Å². The summed E-state index contributed by atoms with van der Waals surface area (Å²) in [6.07, 6.45) is 24.2. The van der Waals surface area contributed by atoms with Crippen molar-refractivity contribution >= 4 is 5.91 Å². The minimum Gasteiger partial charge on any atom is -0.369 e. The molecular formula is C22H41NO. The van der Waals surface area contributed by atoms with E-state index in [-0.39, 0.29) is 11.3 Å². The van der Waals surface area contributed by atoms with Crippen LogP contribution in [0.1, 0.15) is 122 Å². The summed E-state index contributed by atoms with van der Waals surface area (Å²) in [5, 5.41) is 0. The van der Waals surface area contributed by atoms with Crippen molar-refractivity contribution < 1.29 is 4.79 Å². The molecule has 0 unspecified atom stereocenters. The third-order valence-corrected chi connectivity index (χ3v) is 6.85. The van der Waals surface area contributed by atoms with Gasteiger partial charge in [0, 0.05) is 0 Å². The standard InChI is InChI=1S/C22H41NO/c1-2-3-4-5-6-7-8-9-10-11-12-13-14-15-21(16-17-21)22(18-19-22)20(23)24/h2-19H2,1H3,(H2,23,24). The molecule has 0 radical (unpaired) electrons. The first kappa shape index (κ1) is 19.8. The van der Waals surface area contributed by atoms with Crippen molar-refractivity contribution in [3.63, 3.8) is 0 Å². The van der Waals surface area contributed by atoms with Gasteiger partial charge in [0.05, 0.1) is 5.41 Å². The SMILES string of the molecule is CCCCCCCCCCCCCCCC1(C2(C(N)=O)CC2)CC1. The molecule has 2 rings (SSSR count). The lowest BCUT2D eigenvalue weighted by molar-refractivity contribution is -0.125. The lowest BCUT2D eigenvalue weighted by atomic mass is 9.80. The molecule has 0 bridgehead atoms. The minimum absolute atomic E-state index is 0.00491. The van der Waals surface area contributed by atoms with E-state index in [0.717, 1.165) is 12.8 Å². The van der Waals surface area contributed by atoms with Crippen LogP contribution in [0.5, 0.6) is 0 Å². The number of amides is 1. The molecule has 2 N–H and O–H groups in total. The van der Waals surface area contributed by atoms with Gasteiger partial charge in [0.25, 0.3) is 0 Å². The second-order valence-corrected chi connectivity index (χ2v) is 8.72. The van der Waals surface area contributed by atoms with E-state index in [0.29, 0.717) is 5.41 Å². The topological polar surface area (TPSA) is 43.1 Å². The second-order valence-electron chi connectivity index (χ2n) is 8.72. The summed E-state index contributed by atoms with van der Waals surface area (Å²) < 4.78 is 0. The average Bonchev–Trinajstić information content (AvgIpc) is 3.45. The van der Waals surface area contributed by atoms with Crippen LogP contribution >= 0.6 is 0 Å².